The normalized spacial score (nSPS) is 16.7. The van der Waals surface area contributed by atoms with Gasteiger partial charge in [0.1, 0.15) is 17.4 Å². The first kappa shape index (κ1) is 15.4. The van der Waals surface area contributed by atoms with Crippen LogP contribution in [0, 0.1) is 6.92 Å². The van der Waals surface area contributed by atoms with Crippen LogP contribution in [0.15, 0.2) is 30.9 Å². The molecular weight excluding hydrogens is 322 g/mol. The molecule has 128 valence electrons. The van der Waals surface area contributed by atoms with E-state index in [9.17, 15) is 9.59 Å². The molecule has 0 fully saturated rings. The molecule has 8 heteroatoms. The summed E-state index contributed by atoms with van der Waals surface area (Å²) >= 11 is 0. The number of aromatic nitrogens is 4. The Morgan fingerprint density at radius 1 is 1.40 bits per heavy atom. The molecule has 0 unspecified atom stereocenters. The molecule has 0 spiro atoms. The van der Waals surface area contributed by atoms with Gasteiger partial charge in [-0.05, 0) is 18.6 Å². The van der Waals surface area contributed by atoms with Gasteiger partial charge in [-0.3, -0.25) is 4.79 Å². The molecule has 1 amide bonds. The second-order valence-corrected chi connectivity index (χ2v) is 6.05. The second kappa shape index (κ2) is 5.73. The van der Waals surface area contributed by atoms with Crippen LogP contribution < -0.4 is 0 Å². The first-order valence-corrected chi connectivity index (χ1v) is 7.92. The molecule has 1 N–H and O–H groups in total. The number of H-pyrrole nitrogens is 1. The Kier molecular flexibility index (Phi) is 3.52. The fourth-order valence-corrected chi connectivity index (χ4v) is 3.20. The smallest absolute Gasteiger partial charge is 0.329 e. The lowest BCUT2D eigenvalue weighted by molar-refractivity contribution is -0.146. The van der Waals surface area contributed by atoms with Crippen molar-refractivity contribution in [2.24, 2.45) is 0 Å². The first-order valence-electron chi connectivity index (χ1n) is 7.92. The molecule has 25 heavy (non-hydrogen) atoms. The zero-order valence-corrected chi connectivity index (χ0v) is 13.9. The minimum absolute atomic E-state index is 0.265. The maximum Gasteiger partial charge on any atom is 0.329 e. The number of methoxy groups -OCH3 is 1. The van der Waals surface area contributed by atoms with Crippen molar-refractivity contribution in [3.8, 4) is 0 Å². The summed E-state index contributed by atoms with van der Waals surface area (Å²) < 4.78 is 6.69. The molecule has 4 rings (SSSR count). The van der Waals surface area contributed by atoms with E-state index in [0.29, 0.717) is 12.1 Å². The van der Waals surface area contributed by atoms with Crippen molar-refractivity contribution in [3.05, 3.63) is 53.5 Å². The summed E-state index contributed by atoms with van der Waals surface area (Å²) in [5, 5.41) is 0. The number of rotatable bonds is 2. The van der Waals surface area contributed by atoms with Gasteiger partial charge in [-0.25, -0.2) is 14.8 Å². The third-order valence-corrected chi connectivity index (χ3v) is 4.53. The maximum atomic E-state index is 13.1. The van der Waals surface area contributed by atoms with Crippen LogP contribution in [0.3, 0.4) is 0 Å². The molecule has 0 saturated heterocycles. The zero-order valence-electron chi connectivity index (χ0n) is 13.9. The largest absolute Gasteiger partial charge is 0.467 e. The molecule has 0 aliphatic carbocycles. The molecule has 4 heterocycles. The fourth-order valence-electron chi connectivity index (χ4n) is 3.20. The van der Waals surface area contributed by atoms with Crippen molar-refractivity contribution in [1.82, 2.24) is 24.3 Å². The highest BCUT2D eigenvalue weighted by Gasteiger charge is 2.37. The number of esters is 1. The number of carbonyl (C=O) groups is 2. The molecule has 3 aromatic heterocycles. The van der Waals surface area contributed by atoms with Gasteiger partial charge in [-0.1, -0.05) is 6.07 Å². The lowest BCUT2D eigenvalue weighted by Gasteiger charge is -2.32. The fraction of sp³-hybridized carbons (Fsp3) is 0.294. The summed E-state index contributed by atoms with van der Waals surface area (Å²) in [6.07, 6.45) is 5.42. The number of nitrogens with zero attached hydrogens (tertiary/aromatic N) is 4. The minimum Gasteiger partial charge on any atom is -0.467 e. The van der Waals surface area contributed by atoms with E-state index in [2.05, 4.69) is 15.0 Å². The number of nitrogens with one attached hydrogen (secondary N) is 1. The average Bonchev–Trinajstić information content (AvgIpc) is 3.26. The first-order chi connectivity index (χ1) is 12.1. The van der Waals surface area contributed by atoms with Crippen LogP contribution in [0.2, 0.25) is 0 Å². The monoisotopic (exact) mass is 339 g/mol. The van der Waals surface area contributed by atoms with Crippen LogP contribution in [0.4, 0.5) is 0 Å². The topological polar surface area (TPSA) is 92.6 Å². The van der Waals surface area contributed by atoms with E-state index in [0.717, 1.165) is 22.6 Å². The SMILES string of the molecule is COC(=O)[C@H]1Cc2nc[nH]c2CN1C(=O)c1cn2cccc(C)c2n1. The molecule has 0 aromatic carbocycles. The number of amides is 1. The van der Waals surface area contributed by atoms with Gasteiger partial charge in [-0.15, -0.1) is 0 Å². The van der Waals surface area contributed by atoms with Gasteiger partial charge in [0.2, 0.25) is 0 Å². The van der Waals surface area contributed by atoms with Crippen LogP contribution >= 0.6 is 0 Å². The van der Waals surface area contributed by atoms with Gasteiger partial charge in [0.05, 0.1) is 31.4 Å². The van der Waals surface area contributed by atoms with Gasteiger partial charge in [0.15, 0.2) is 0 Å². The summed E-state index contributed by atoms with van der Waals surface area (Å²) in [5.41, 5.74) is 3.60. The van der Waals surface area contributed by atoms with Crippen molar-refractivity contribution in [2.75, 3.05) is 7.11 Å². The molecule has 1 aliphatic heterocycles. The lowest BCUT2D eigenvalue weighted by atomic mass is 10.0. The van der Waals surface area contributed by atoms with Crippen molar-refractivity contribution >= 4 is 17.5 Å². The van der Waals surface area contributed by atoms with E-state index in [1.165, 1.54) is 12.0 Å². The zero-order chi connectivity index (χ0) is 17.6. The Balaban J connectivity index is 1.73. The van der Waals surface area contributed by atoms with Gasteiger partial charge < -0.3 is 19.0 Å². The van der Waals surface area contributed by atoms with E-state index >= 15 is 0 Å². The van der Waals surface area contributed by atoms with Crippen LogP contribution in [-0.2, 0) is 22.5 Å². The summed E-state index contributed by atoms with van der Waals surface area (Å²) in [6, 6.07) is 3.12. The highest BCUT2D eigenvalue weighted by Crippen LogP contribution is 2.23. The molecule has 3 aromatic rings. The Labute approximate surface area is 143 Å². The molecule has 0 radical (unpaired) electrons. The Morgan fingerprint density at radius 3 is 3.00 bits per heavy atom. The van der Waals surface area contributed by atoms with E-state index in [1.807, 2.05) is 25.3 Å². The predicted molar refractivity (Wildman–Crippen MR) is 87.9 cm³/mol. The molecule has 8 nitrogen and oxygen atoms in total. The van der Waals surface area contributed by atoms with E-state index in [4.69, 9.17) is 4.74 Å². The lowest BCUT2D eigenvalue weighted by Crippen LogP contribution is -2.49. The number of carbonyl (C=O) groups excluding carboxylic acids is 2. The summed E-state index contributed by atoms with van der Waals surface area (Å²) in [4.78, 5) is 38.4. The van der Waals surface area contributed by atoms with Crippen LogP contribution in [-0.4, -0.2) is 49.3 Å². The molecule has 0 bridgehead atoms. The Bertz CT molecular complexity index is 974. The third kappa shape index (κ3) is 2.46. The Hall–Kier alpha value is -3.16. The van der Waals surface area contributed by atoms with Crippen LogP contribution in [0.5, 0.6) is 0 Å². The third-order valence-electron chi connectivity index (χ3n) is 4.53. The van der Waals surface area contributed by atoms with Gasteiger partial charge in [0.25, 0.3) is 5.91 Å². The van der Waals surface area contributed by atoms with Crippen LogP contribution in [0.1, 0.15) is 27.4 Å². The highest BCUT2D eigenvalue weighted by atomic mass is 16.5. The van der Waals surface area contributed by atoms with E-state index in [-0.39, 0.29) is 12.5 Å². The second-order valence-electron chi connectivity index (χ2n) is 6.05. The van der Waals surface area contributed by atoms with Gasteiger partial charge >= 0.3 is 5.97 Å². The summed E-state index contributed by atoms with van der Waals surface area (Å²) in [5.74, 6) is -0.763. The minimum atomic E-state index is -0.709. The quantitative estimate of drug-likeness (QED) is 0.706. The van der Waals surface area contributed by atoms with Crippen molar-refractivity contribution < 1.29 is 14.3 Å². The number of fused-ring (bicyclic) bond motifs is 2. The van der Waals surface area contributed by atoms with Gasteiger partial charge in [0, 0.05) is 18.8 Å². The molecular formula is C17H17N5O3. The number of hydrogen-bond acceptors (Lipinski definition) is 5. The number of ether oxygens (including phenoxy) is 1. The number of imidazole rings is 2. The summed E-state index contributed by atoms with van der Waals surface area (Å²) in [6.45, 7) is 2.20. The number of aryl methyl sites for hydroxylation is 1. The van der Waals surface area contributed by atoms with Crippen molar-refractivity contribution in [1.29, 1.82) is 0 Å². The number of hydrogen-bond donors (Lipinski definition) is 1. The number of aromatic amines is 1. The van der Waals surface area contributed by atoms with E-state index < -0.39 is 12.0 Å². The molecule has 1 atom stereocenters. The predicted octanol–water partition coefficient (Wildman–Crippen LogP) is 1.11. The molecule has 1 aliphatic rings. The van der Waals surface area contributed by atoms with Gasteiger partial charge in [-0.2, -0.15) is 0 Å². The van der Waals surface area contributed by atoms with Crippen molar-refractivity contribution in [3.63, 3.8) is 0 Å². The van der Waals surface area contributed by atoms with E-state index in [1.54, 1.807) is 16.9 Å². The highest BCUT2D eigenvalue weighted by molar-refractivity contribution is 5.96. The standard InChI is InChI=1S/C17H17N5O3/c1-10-4-3-5-21-7-13(20-15(10)21)16(23)22-8-12-11(18-9-19-12)6-14(22)17(24)25-2/h3-5,7,9,14H,6,8H2,1-2H3,(H,18,19)/t14-/m1/s1. The van der Waals surface area contributed by atoms with Crippen LogP contribution in [0.25, 0.3) is 5.65 Å². The Morgan fingerprint density at radius 2 is 2.24 bits per heavy atom. The molecule has 0 saturated carbocycles. The number of pyridine rings is 1. The van der Waals surface area contributed by atoms with Crippen molar-refractivity contribution in [2.45, 2.75) is 25.9 Å². The maximum absolute atomic E-state index is 13.1. The average molecular weight is 339 g/mol. The summed E-state index contributed by atoms with van der Waals surface area (Å²) in [7, 11) is 1.32.